The van der Waals surface area contributed by atoms with Crippen molar-refractivity contribution >= 4 is 35.5 Å². The third-order valence-corrected chi connectivity index (χ3v) is 7.58. The molecule has 0 unspecified atom stereocenters. The van der Waals surface area contributed by atoms with E-state index in [9.17, 15) is 9.59 Å². The highest BCUT2D eigenvalue weighted by Gasteiger charge is 2.56. The summed E-state index contributed by atoms with van der Waals surface area (Å²) in [7, 11) is 0. The van der Waals surface area contributed by atoms with Crippen LogP contribution in [-0.2, 0) is 30.4 Å². The number of benzene rings is 1. The van der Waals surface area contributed by atoms with E-state index in [0.717, 1.165) is 17.1 Å². The van der Waals surface area contributed by atoms with E-state index in [1.807, 2.05) is 53.9 Å². The SMILES string of the molecule is CCOC(=O)[C@@]1(CC2SCCS2)C[C@H](OC(C)=O)ON1Cc1ccccc1. The summed E-state index contributed by atoms with van der Waals surface area (Å²) in [6.45, 7) is 3.85. The summed E-state index contributed by atoms with van der Waals surface area (Å²) in [5.74, 6) is 1.40. The Balaban J connectivity index is 1.89. The number of carbonyl (C=O) groups is 2. The first-order chi connectivity index (χ1) is 13.0. The van der Waals surface area contributed by atoms with Crippen LogP contribution in [0.25, 0.3) is 0 Å². The molecular formula is C19H25NO5S2. The summed E-state index contributed by atoms with van der Waals surface area (Å²) in [6, 6.07) is 9.81. The van der Waals surface area contributed by atoms with Crippen LogP contribution in [0.2, 0.25) is 0 Å². The molecule has 2 saturated heterocycles. The molecule has 2 fully saturated rings. The monoisotopic (exact) mass is 411 g/mol. The van der Waals surface area contributed by atoms with E-state index in [4.69, 9.17) is 14.3 Å². The van der Waals surface area contributed by atoms with Crippen LogP contribution in [0.15, 0.2) is 30.3 Å². The number of ether oxygens (including phenoxy) is 2. The average Bonchev–Trinajstić information content (AvgIpc) is 3.25. The maximum Gasteiger partial charge on any atom is 0.329 e. The standard InChI is InChI=1S/C19H25NO5S2/c1-3-23-18(22)19(12-17-26-9-10-27-17)11-16(24-14(2)21)25-20(19)13-15-7-5-4-6-8-15/h4-8,16-17H,3,9-13H2,1-2H3/t16-,19+/m1/s1. The molecule has 1 aromatic carbocycles. The molecule has 2 atom stereocenters. The molecule has 8 heteroatoms. The lowest BCUT2D eigenvalue weighted by molar-refractivity contribution is -0.252. The Morgan fingerprint density at radius 3 is 2.59 bits per heavy atom. The summed E-state index contributed by atoms with van der Waals surface area (Å²) < 4.78 is 11.0. The maximum atomic E-state index is 13.1. The fraction of sp³-hybridized carbons (Fsp3) is 0.579. The Morgan fingerprint density at radius 1 is 1.26 bits per heavy atom. The highest BCUT2D eigenvalue weighted by molar-refractivity contribution is 8.20. The van der Waals surface area contributed by atoms with Crippen LogP contribution in [0.5, 0.6) is 0 Å². The van der Waals surface area contributed by atoms with Gasteiger partial charge in [0.05, 0.1) is 17.7 Å². The molecule has 0 bridgehead atoms. The Bertz CT molecular complexity index is 653. The Hall–Kier alpha value is -1.22. The number of carbonyl (C=O) groups excluding carboxylic acids is 2. The lowest BCUT2D eigenvalue weighted by Crippen LogP contribution is -2.51. The second-order valence-electron chi connectivity index (χ2n) is 6.50. The third-order valence-electron chi connectivity index (χ3n) is 4.54. The van der Waals surface area contributed by atoms with Crippen LogP contribution >= 0.6 is 23.5 Å². The van der Waals surface area contributed by atoms with Gasteiger partial charge in [0.15, 0.2) is 5.54 Å². The Morgan fingerprint density at radius 2 is 1.96 bits per heavy atom. The molecule has 148 valence electrons. The number of rotatable bonds is 7. The number of hydroxylamine groups is 2. The second-order valence-corrected chi connectivity index (χ2v) is 9.42. The number of hydrogen-bond acceptors (Lipinski definition) is 8. The highest BCUT2D eigenvalue weighted by Crippen LogP contribution is 2.45. The maximum absolute atomic E-state index is 13.1. The van der Waals surface area contributed by atoms with Gasteiger partial charge in [-0.25, -0.2) is 4.79 Å². The topological polar surface area (TPSA) is 65.1 Å². The van der Waals surface area contributed by atoms with Crippen molar-refractivity contribution in [3.8, 4) is 0 Å². The predicted octanol–water partition coefficient (Wildman–Crippen LogP) is 3.21. The molecule has 6 nitrogen and oxygen atoms in total. The van der Waals surface area contributed by atoms with Crippen molar-refractivity contribution in [2.24, 2.45) is 0 Å². The second kappa shape index (κ2) is 9.32. The van der Waals surface area contributed by atoms with Crippen LogP contribution in [0.4, 0.5) is 0 Å². The van der Waals surface area contributed by atoms with E-state index >= 15 is 0 Å². The number of esters is 2. The zero-order valence-electron chi connectivity index (χ0n) is 15.6. The minimum atomic E-state index is -0.971. The molecule has 3 rings (SSSR count). The molecule has 2 heterocycles. The van der Waals surface area contributed by atoms with Crippen LogP contribution in [0, 0.1) is 0 Å². The van der Waals surface area contributed by atoms with Crippen molar-refractivity contribution in [2.45, 2.75) is 49.6 Å². The molecule has 0 saturated carbocycles. The average molecular weight is 412 g/mol. The summed E-state index contributed by atoms with van der Waals surface area (Å²) in [5, 5.41) is 1.67. The van der Waals surface area contributed by atoms with Gasteiger partial charge in [-0.3, -0.25) is 9.63 Å². The lowest BCUT2D eigenvalue weighted by atomic mass is 9.91. The van der Waals surface area contributed by atoms with Crippen molar-refractivity contribution in [2.75, 3.05) is 18.1 Å². The summed E-state index contributed by atoms with van der Waals surface area (Å²) in [4.78, 5) is 30.5. The first kappa shape index (κ1) is 20.5. The molecular weight excluding hydrogens is 386 g/mol. The smallest absolute Gasteiger partial charge is 0.329 e. The molecule has 2 aliphatic rings. The van der Waals surface area contributed by atoms with Gasteiger partial charge in [-0.2, -0.15) is 5.06 Å². The zero-order chi connectivity index (χ0) is 19.3. The molecule has 0 radical (unpaired) electrons. The zero-order valence-corrected chi connectivity index (χ0v) is 17.2. The van der Waals surface area contributed by atoms with Gasteiger partial charge in [0.2, 0.25) is 6.29 Å². The molecule has 27 heavy (non-hydrogen) atoms. The normalized spacial score (nSPS) is 26.2. The summed E-state index contributed by atoms with van der Waals surface area (Å²) in [6.07, 6.45) is 0.0776. The first-order valence-electron chi connectivity index (χ1n) is 9.09. The van der Waals surface area contributed by atoms with Gasteiger partial charge >= 0.3 is 11.9 Å². The van der Waals surface area contributed by atoms with Crippen molar-refractivity contribution < 1.29 is 23.9 Å². The van der Waals surface area contributed by atoms with Gasteiger partial charge in [0.1, 0.15) is 0 Å². The van der Waals surface area contributed by atoms with Crippen LogP contribution in [0.3, 0.4) is 0 Å². The van der Waals surface area contributed by atoms with E-state index in [1.165, 1.54) is 6.92 Å². The number of nitrogens with zero attached hydrogens (tertiary/aromatic N) is 1. The minimum absolute atomic E-state index is 0.274. The number of thioether (sulfide) groups is 2. The van der Waals surface area contributed by atoms with Crippen LogP contribution in [0.1, 0.15) is 32.3 Å². The van der Waals surface area contributed by atoms with Crippen LogP contribution in [-0.4, -0.2) is 51.5 Å². The molecule has 0 N–H and O–H groups in total. The van der Waals surface area contributed by atoms with Crippen molar-refractivity contribution in [1.29, 1.82) is 0 Å². The fourth-order valence-electron chi connectivity index (χ4n) is 3.36. The van der Waals surface area contributed by atoms with Gasteiger partial charge in [-0.15, -0.1) is 23.5 Å². The summed E-state index contributed by atoms with van der Waals surface area (Å²) >= 11 is 3.70. The van der Waals surface area contributed by atoms with E-state index in [1.54, 1.807) is 12.0 Å². The fourth-order valence-corrected chi connectivity index (χ4v) is 6.41. The van der Waals surface area contributed by atoms with E-state index in [2.05, 4.69) is 0 Å². The Labute approximate surface area is 168 Å². The predicted molar refractivity (Wildman–Crippen MR) is 106 cm³/mol. The highest BCUT2D eigenvalue weighted by atomic mass is 32.2. The van der Waals surface area contributed by atoms with Gasteiger partial charge in [-0.1, -0.05) is 30.3 Å². The molecule has 0 aromatic heterocycles. The quantitative estimate of drug-likeness (QED) is 0.634. The Kier molecular flexibility index (Phi) is 7.08. The van der Waals surface area contributed by atoms with Gasteiger partial charge in [-0.05, 0) is 18.9 Å². The largest absolute Gasteiger partial charge is 0.465 e. The van der Waals surface area contributed by atoms with Gasteiger partial charge in [0, 0.05) is 24.9 Å². The molecule has 0 aliphatic carbocycles. The third kappa shape index (κ3) is 4.99. The molecule has 0 spiro atoms. The summed E-state index contributed by atoms with van der Waals surface area (Å²) in [5.41, 5.74) is 0.0439. The molecule has 0 amide bonds. The van der Waals surface area contributed by atoms with E-state index < -0.39 is 17.8 Å². The van der Waals surface area contributed by atoms with E-state index in [-0.39, 0.29) is 17.0 Å². The van der Waals surface area contributed by atoms with Crippen molar-refractivity contribution in [1.82, 2.24) is 5.06 Å². The number of hydrogen-bond donors (Lipinski definition) is 0. The lowest BCUT2D eigenvalue weighted by Gasteiger charge is -2.35. The first-order valence-corrected chi connectivity index (χ1v) is 11.2. The van der Waals surface area contributed by atoms with Crippen molar-refractivity contribution in [3.05, 3.63) is 35.9 Å². The van der Waals surface area contributed by atoms with Crippen LogP contribution < -0.4 is 0 Å². The van der Waals surface area contributed by atoms with E-state index in [0.29, 0.717) is 19.6 Å². The molecule has 2 aliphatic heterocycles. The van der Waals surface area contributed by atoms with Gasteiger partial charge in [0.25, 0.3) is 0 Å². The molecule has 1 aromatic rings. The van der Waals surface area contributed by atoms with Crippen molar-refractivity contribution in [3.63, 3.8) is 0 Å². The van der Waals surface area contributed by atoms with Gasteiger partial charge < -0.3 is 9.47 Å². The minimum Gasteiger partial charge on any atom is -0.465 e.